The summed E-state index contributed by atoms with van der Waals surface area (Å²) in [7, 11) is -4.08. The summed E-state index contributed by atoms with van der Waals surface area (Å²) in [6.45, 7) is 14.9. The maximum Gasteiger partial charge on any atom is 0.264 e. The van der Waals surface area contributed by atoms with Crippen LogP contribution in [0.4, 0.5) is 5.95 Å². The number of ether oxygens (including phenoxy) is 1. The van der Waals surface area contributed by atoms with Gasteiger partial charge in [-0.25, -0.2) is 18.1 Å². The molecule has 2 aliphatic rings. The van der Waals surface area contributed by atoms with Crippen molar-refractivity contribution in [2.45, 2.75) is 58.6 Å². The number of amides is 1. The number of aromatic nitrogens is 2. The van der Waals surface area contributed by atoms with Crippen LogP contribution in [0.5, 0.6) is 5.88 Å². The van der Waals surface area contributed by atoms with Crippen LogP contribution in [0.15, 0.2) is 53.4 Å². The Labute approximate surface area is 236 Å². The van der Waals surface area contributed by atoms with Gasteiger partial charge in [0.2, 0.25) is 11.8 Å². The number of sulfonamides is 1. The number of carbonyl (C=O) groups excluding carboxylic acids is 1. The number of benzene rings is 2. The zero-order valence-corrected chi connectivity index (χ0v) is 24.7. The van der Waals surface area contributed by atoms with Gasteiger partial charge in [0, 0.05) is 42.9 Å². The van der Waals surface area contributed by atoms with Crippen LogP contribution in [0.1, 0.15) is 49.2 Å². The van der Waals surface area contributed by atoms with Gasteiger partial charge in [0.25, 0.3) is 15.9 Å². The summed E-state index contributed by atoms with van der Waals surface area (Å²) < 4.78 is 35.8. The van der Waals surface area contributed by atoms with Crippen molar-refractivity contribution in [3.8, 4) is 17.1 Å². The SMILES string of the molecule is Cc1cccc(C)c1-c1cc2nc(n1)NS(=O)(=O)c1cccc(c1)C(=O)N1CCN([C@@H](C)C(C)(C)C)C[C@H](C1)O2. The molecule has 6 bridgehead atoms. The van der Waals surface area contributed by atoms with E-state index in [0.29, 0.717) is 37.4 Å². The lowest BCUT2D eigenvalue weighted by atomic mass is 9.87. The van der Waals surface area contributed by atoms with Gasteiger partial charge in [-0.15, -0.1) is 0 Å². The molecule has 10 heteroatoms. The van der Waals surface area contributed by atoms with Gasteiger partial charge in [0.05, 0.1) is 17.1 Å². The number of carbonyl (C=O) groups is 1. The first kappa shape index (κ1) is 28.0. The topological polar surface area (TPSA) is 105 Å². The summed E-state index contributed by atoms with van der Waals surface area (Å²) in [5.41, 5.74) is 3.78. The van der Waals surface area contributed by atoms with Gasteiger partial charge in [0.15, 0.2) is 0 Å². The fraction of sp³-hybridized carbons (Fsp3) is 0.433. The lowest BCUT2D eigenvalue weighted by molar-refractivity contribution is 0.0662. The van der Waals surface area contributed by atoms with E-state index in [-0.39, 0.29) is 34.1 Å². The van der Waals surface area contributed by atoms with Crippen molar-refractivity contribution < 1.29 is 17.9 Å². The van der Waals surface area contributed by atoms with Crippen LogP contribution in [0.2, 0.25) is 0 Å². The Hall–Kier alpha value is -3.50. The first-order valence-corrected chi connectivity index (χ1v) is 15.1. The van der Waals surface area contributed by atoms with Crippen molar-refractivity contribution in [1.82, 2.24) is 19.8 Å². The van der Waals surface area contributed by atoms with E-state index in [1.165, 1.54) is 12.1 Å². The fourth-order valence-corrected chi connectivity index (χ4v) is 6.35. The molecule has 2 aromatic carbocycles. The van der Waals surface area contributed by atoms with E-state index in [2.05, 4.69) is 47.3 Å². The van der Waals surface area contributed by atoms with Crippen LogP contribution in [-0.4, -0.2) is 72.4 Å². The Morgan fingerprint density at radius 3 is 2.40 bits per heavy atom. The zero-order chi connectivity index (χ0) is 28.8. The van der Waals surface area contributed by atoms with Crippen molar-refractivity contribution in [3.05, 3.63) is 65.2 Å². The first-order chi connectivity index (χ1) is 18.8. The second kappa shape index (κ2) is 10.5. The smallest absolute Gasteiger partial charge is 0.264 e. The minimum Gasteiger partial charge on any atom is -0.471 e. The molecule has 3 heterocycles. The van der Waals surface area contributed by atoms with Crippen molar-refractivity contribution in [3.63, 3.8) is 0 Å². The third-order valence-corrected chi connectivity index (χ3v) is 9.28. The van der Waals surface area contributed by atoms with E-state index in [1.807, 2.05) is 32.0 Å². The average molecular weight is 564 g/mol. The van der Waals surface area contributed by atoms with Crippen LogP contribution in [0.3, 0.4) is 0 Å². The Balaban J connectivity index is 1.66. The number of anilines is 1. The normalized spacial score (nSPS) is 20.2. The Bertz CT molecular complexity index is 1530. The second-order valence-electron chi connectivity index (χ2n) is 11.8. The minimum absolute atomic E-state index is 0.0226. The maximum atomic E-state index is 13.7. The Kier molecular flexibility index (Phi) is 7.35. The van der Waals surface area contributed by atoms with Crippen molar-refractivity contribution >= 4 is 21.9 Å². The van der Waals surface area contributed by atoms with E-state index in [4.69, 9.17) is 4.74 Å². The number of rotatable bonds is 2. The van der Waals surface area contributed by atoms with E-state index >= 15 is 0 Å². The number of aryl methyl sites for hydroxylation is 2. The van der Waals surface area contributed by atoms with Crippen molar-refractivity contribution in [2.24, 2.45) is 5.41 Å². The molecule has 1 amide bonds. The molecule has 5 rings (SSSR count). The van der Waals surface area contributed by atoms with E-state index in [1.54, 1.807) is 23.1 Å². The van der Waals surface area contributed by atoms with Crippen molar-refractivity contribution in [1.29, 1.82) is 0 Å². The second-order valence-corrected chi connectivity index (χ2v) is 13.5. The number of nitrogens with zero attached hydrogens (tertiary/aromatic N) is 4. The van der Waals surface area contributed by atoms with E-state index in [0.717, 1.165) is 16.7 Å². The van der Waals surface area contributed by atoms with Crippen LogP contribution in [0.25, 0.3) is 11.3 Å². The molecule has 1 aromatic heterocycles. The summed E-state index contributed by atoms with van der Waals surface area (Å²) in [5, 5.41) is 0. The highest BCUT2D eigenvalue weighted by molar-refractivity contribution is 7.92. The molecule has 0 saturated carbocycles. The lowest BCUT2D eigenvalue weighted by Crippen LogP contribution is -2.46. The lowest BCUT2D eigenvalue weighted by Gasteiger charge is -2.38. The summed E-state index contributed by atoms with van der Waals surface area (Å²) in [6.07, 6.45) is -0.398. The Morgan fingerprint density at radius 1 is 1.00 bits per heavy atom. The minimum atomic E-state index is -4.08. The third kappa shape index (κ3) is 5.69. The Morgan fingerprint density at radius 2 is 1.70 bits per heavy atom. The molecule has 1 fully saturated rings. The predicted octanol–water partition coefficient (Wildman–Crippen LogP) is 4.51. The van der Waals surface area contributed by atoms with E-state index in [9.17, 15) is 13.2 Å². The van der Waals surface area contributed by atoms with Gasteiger partial charge >= 0.3 is 0 Å². The quantitative estimate of drug-likeness (QED) is 0.489. The van der Waals surface area contributed by atoms with E-state index < -0.39 is 16.1 Å². The van der Waals surface area contributed by atoms with Crippen LogP contribution >= 0.6 is 0 Å². The number of nitrogens with one attached hydrogen (secondary N) is 1. The van der Waals surface area contributed by atoms with Crippen molar-refractivity contribution in [2.75, 3.05) is 30.9 Å². The first-order valence-electron chi connectivity index (χ1n) is 13.6. The van der Waals surface area contributed by atoms with Gasteiger partial charge in [-0.2, -0.15) is 4.98 Å². The van der Waals surface area contributed by atoms with Crippen LogP contribution in [0, 0.1) is 19.3 Å². The summed E-state index contributed by atoms with van der Waals surface area (Å²) in [5.74, 6) is -0.0698. The predicted molar refractivity (Wildman–Crippen MR) is 155 cm³/mol. The average Bonchev–Trinajstić information content (AvgIpc) is 3.09. The largest absolute Gasteiger partial charge is 0.471 e. The highest BCUT2D eigenvalue weighted by Gasteiger charge is 2.34. The highest BCUT2D eigenvalue weighted by atomic mass is 32.2. The molecule has 212 valence electrons. The molecular weight excluding hydrogens is 526 g/mol. The zero-order valence-electron chi connectivity index (χ0n) is 23.9. The molecule has 9 nitrogen and oxygen atoms in total. The number of hydrogen-bond acceptors (Lipinski definition) is 7. The molecular formula is C30H37N5O4S. The molecule has 40 heavy (non-hydrogen) atoms. The van der Waals surface area contributed by atoms with Gasteiger partial charge < -0.3 is 9.64 Å². The molecule has 0 aliphatic carbocycles. The maximum absolute atomic E-state index is 13.7. The molecule has 0 radical (unpaired) electrons. The molecule has 3 aromatic rings. The van der Waals surface area contributed by atoms with Gasteiger partial charge in [-0.05, 0) is 55.5 Å². The standard InChI is InChI=1S/C30H37N5O4S/c1-19-9-7-10-20(2)27(19)25-16-26-32-29(31-25)33-40(37,38)24-12-8-11-22(15-24)28(36)35-14-13-34(17-23(18-35)39-26)21(3)30(4,5)6/h7-12,15-16,21,23H,13-14,17-18H2,1-6H3,(H,31,32,33)/t21-,23+/m0/s1. The van der Waals surface area contributed by atoms with Crippen LogP contribution < -0.4 is 9.46 Å². The van der Waals surface area contributed by atoms with Gasteiger partial charge in [-0.3, -0.25) is 9.69 Å². The molecule has 0 spiro atoms. The number of hydrogen-bond donors (Lipinski definition) is 1. The third-order valence-electron chi connectivity index (χ3n) is 7.95. The van der Waals surface area contributed by atoms with Gasteiger partial charge in [-0.1, -0.05) is 45.0 Å². The molecule has 2 aliphatic heterocycles. The number of fused-ring (bicyclic) bond motifs is 6. The molecule has 1 N–H and O–H groups in total. The monoisotopic (exact) mass is 563 g/mol. The summed E-state index contributed by atoms with van der Waals surface area (Å²) >= 11 is 0. The molecule has 2 atom stereocenters. The summed E-state index contributed by atoms with van der Waals surface area (Å²) in [4.78, 5) is 26.8. The van der Waals surface area contributed by atoms with Gasteiger partial charge in [0.1, 0.15) is 6.10 Å². The highest BCUT2D eigenvalue weighted by Crippen LogP contribution is 2.31. The fourth-order valence-electron chi connectivity index (χ4n) is 5.36. The molecule has 1 saturated heterocycles. The molecule has 0 unspecified atom stereocenters. The van der Waals surface area contributed by atoms with Crippen LogP contribution in [-0.2, 0) is 10.0 Å². The summed E-state index contributed by atoms with van der Waals surface area (Å²) in [6, 6.07) is 14.0.